The zero-order valence-corrected chi connectivity index (χ0v) is 20.3. The van der Waals surface area contributed by atoms with Gasteiger partial charge in [-0.15, -0.1) is 0 Å². The summed E-state index contributed by atoms with van der Waals surface area (Å²) in [6.45, 7) is 4.51. The highest BCUT2D eigenvalue weighted by Gasteiger charge is 2.30. The van der Waals surface area contributed by atoms with Crippen molar-refractivity contribution in [3.63, 3.8) is 0 Å². The molecule has 1 unspecified atom stereocenters. The molecule has 1 aromatic heterocycles. The van der Waals surface area contributed by atoms with Crippen LogP contribution in [0, 0.1) is 23.7 Å². The Morgan fingerprint density at radius 3 is 1.94 bits per heavy atom. The third-order valence-electron chi connectivity index (χ3n) is 8.24. The van der Waals surface area contributed by atoms with E-state index >= 15 is 0 Å². The molecule has 1 heterocycles. The minimum Gasteiger partial charge on any atom is -0.247 e. The first-order valence-electron chi connectivity index (χ1n) is 13.6. The van der Waals surface area contributed by atoms with Crippen molar-refractivity contribution in [2.45, 2.75) is 129 Å². The van der Waals surface area contributed by atoms with Gasteiger partial charge in [0, 0.05) is 0 Å². The van der Waals surface area contributed by atoms with Crippen LogP contribution < -0.4 is 0 Å². The number of hydrogen-bond acceptors (Lipinski definition) is 2. The Labute approximate surface area is 191 Å². The van der Waals surface area contributed by atoms with E-state index in [2.05, 4.69) is 36.2 Å². The Balaban J connectivity index is 1.30. The second kappa shape index (κ2) is 13.5. The molecule has 0 N–H and O–H groups in total. The summed E-state index contributed by atoms with van der Waals surface area (Å²) in [7, 11) is 0. The predicted molar refractivity (Wildman–Crippen MR) is 129 cm³/mol. The normalized spacial score (nSPS) is 27.8. The summed E-state index contributed by atoms with van der Waals surface area (Å²) in [6.07, 6.45) is 19.8. The largest absolute Gasteiger partial charge is 0.247 e. The van der Waals surface area contributed by atoms with Crippen LogP contribution in [0.4, 0.5) is 4.39 Å². The van der Waals surface area contributed by atoms with Gasteiger partial charge in [0.25, 0.3) is 0 Å². The molecule has 1 aromatic rings. The minimum atomic E-state index is -0.546. The highest BCUT2D eigenvalue weighted by Crippen LogP contribution is 2.39. The summed E-state index contributed by atoms with van der Waals surface area (Å²) in [6, 6.07) is 4.36. The van der Waals surface area contributed by atoms with Crippen LogP contribution in [0.15, 0.2) is 12.1 Å². The van der Waals surface area contributed by atoms with Crippen LogP contribution in [0.25, 0.3) is 0 Å². The second-order valence-electron chi connectivity index (χ2n) is 10.7. The van der Waals surface area contributed by atoms with Crippen molar-refractivity contribution in [2.75, 3.05) is 0 Å². The van der Waals surface area contributed by atoms with Gasteiger partial charge in [-0.2, -0.15) is 10.2 Å². The molecule has 2 saturated carbocycles. The lowest BCUT2D eigenvalue weighted by atomic mass is 9.73. The standard InChI is InChI=1S/C28H47FN2/c1-3-5-6-8-26-19-20-27(31-30-26)18-15-23-9-11-24(12-10-23)21-28(29)25-16-13-22(7-4-2)14-17-25/h19-20,22-25,28H,3-18,21H2,1-2H3/t22-,23-,24-,25-,28?. The summed E-state index contributed by atoms with van der Waals surface area (Å²) in [5.41, 5.74) is 2.28. The fourth-order valence-electron chi connectivity index (χ4n) is 6.08. The monoisotopic (exact) mass is 430 g/mol. The van der Waals surface area contributed by atoms with E-state index in [9.17, 15) is 4.39 Å². The highest BCUT2D eigenvalue weighted by molar-refractivity contribution is 5.07. The third-order valence-corrected chi connectivity index (χ3v) is 8.24. The van der Waals surface area contributed by atoms with Gasteiger partial charge in [0.2, 0.25) is 0 Å². The van der Waals surface area contributed by atoms with Gasteiger partial charge in [-0.1, -0.05) is 78.1 Å². The first-order valence-corrected chi connectivity index (χ1v) is 13.6. The van der Waals surface area contributed by atoms with E-state index in [0.29, 0.717) is 11.8 Å². The van der Waals surface area contributed by atoms with Gasteiger partial charge in [0.1, 0.15) is 6.17 Å². The second-order valence-corrected chi connectivity index (χ2v) is 10.7. The Morgan fingerprint density at radius 2 is 1.32 bits per heavy atom. The molecule has 1 atom stereocenters. The van der Waals surface area contributed by atoms with Crippen LogP contribution in [0.1, 0.15) is 122 Å². The summed E-state index contributed by atoms with van der Waals surface area (Å²) in [4.78, 5) is 0. The molecule has 0 aromatic carbocycles. The summed E-state index contributed by atoms with van der Waals surface area (Å²) < 4.78 is 15.0. The first-order chi connectivity index (χ1) is 15.2. The van der Waals surface area contributed by atoms with Crippen molar-refractivity contribution < 1.29 is 4.39 Å². The third kappa shape index (κ3) is 8.46. The Hall–Kier alpha value is -0.990. The molecule has 2 fully saturated rings. The quantitative estimate of drug-likeness (QED) is 0.312. The predicted octanol–water partition coefficient (Wildman–Crippen LogP) is 8.28. The van der Waals surface area contributed by atoms with E-state index in [-0.39, 0.29) is 0 Å². The number of nitrogens with zero attached hydrogens (tertiary/aromatic N) is 2. The maximum Gasteiger partial charge on any atom is 0.103 e. The number of unbranched alkanes of at least 4 members (excludes halogenated alkanes) is 2. The number of hydrogen-bond donors (Lipinski definition) is 0. The van der Waals surface area contributed by atoms with Gasteiger partial charge in [-0.05, 0) is 80.8 Å². The Kier molecular flexibility index (Phi) is 10.8. The minimum absolute atomic E-state index is 0.356. The van der Waals surface area contributed by atoms with Gasteiger partial charge in [0.15, 0.2) is 0 Å². The molecule has 2 aliphatic rings. The molecule has 0 amide bonds. The molecule has 3 rings (SSSR count). The van der Waals surface area contributed by atoms with Gasteiger partial charge in [-0.3, -0.25) is 0 Å². The molecule has 0 saturated heterocycles. The first kappa shape index (κ1) is 24.6. The lowest BCUT2D eigenvalue weighted by Gasteiger charge is -2.34. The van der Waals surface area contributed by atoms with Crippen LogP contribution >= 0.6 is 0 Å². The number of rotatable bonds is 12. The molecule has 0 aliphatic heterocycles. The molecular weight excluding hydrogens is 383 g/mol. The maximum absolute atomic E-state index is 15.0. The van der Waals surface area contributed by atoms with E-state index in [1.807, 2.05) is 0 Å². The molecule has 3 heteroatoms. The molecule has 2 aliphatic carbocycles. The average molecular weight is 431 g/mol. The number of halogens is 1. The molecule has 0 radical (unpaired) electrons. The number of aryl methyl sites for hydroxylation is 2. The topological polar surface area (TPSA) is 25.8 Å². The lowest BCUT2D eigenvalue weighted by molar-refractivity contribution is 0.114. The zero-order chi connectivity index (χ0) is 21.9. The van der Waals surface area contributed by atoms with Crippen LogP contribution in [0.5, 0.6) is 0 Å². The Morgan fingerprint density at radius 1 is 0.742 bits per heavy atom. The maximum atomic E-state index is 15.0. The van der Waals surface area contributed by atoms with Crippen molar-refractivity contribution in [2.24, 2.45) is 23.7 Å². The van der Waals surface area contributed by atoms with Crippen molar-refractivity contribution in [3.8, 4) is 0 Å². The van der Waals surface area contributed by atoms with Crippen molar-refractivity contribution in [1.82, 2.24) is 10.2 Å². The highest BCUT2D eigenvalue weighted by atomic mass is 19.1. The van der Waals surface area contributed by atoms with Crippen LogP contribution in [0.3, 0.4) is 0 Å². The van der Waals surface area contributed by atoms with Crippen LogP contribution in [0.2, 0.25) is 0 Å². The lowest BCUT2D eigenvalue weighted by Crippen LogP contribution is -2.26. The summed E-state index contributed by atoms with van der Waals surface area (Å²) in [5, 5.41) is 8.89. The Bertz CT molecular complexity index is 586. The van der Waals surface area contributed by atoms with Gasteiger partial charge in [-0.25, -0.2) is 4.39 Å². The van der Waals surface area contributed by atoms with Crippen LogP contribution in [-0.4, -0.2) is 16.4 Å². The SMILES string of the molecule is CCCCCc1ccc(CC[C@H]2CC[C@H](CC(F)[C@H]3CC[C@H](CCC)CC3)CC2)nn1. The molecule has 2 nitrogen and oxygen atoms in total. The van der Waals surface area contributed by atoms with Crippen LogP contribution in [-0.2, 0) is 12.8 Å². The van der Waals surface area contributed by atoms with Crippen molar-refractivity contribution in [1.29, 1.82) is 0 Å². The van der Waals surface area contributed by atoms with E-state index in [4.69, 9.17) is 0 Å². The van der Waals surface area contributed by atoms with E-state index < -0.39 is 6.17 Å². The fourth-order valence-corrected chi connectivity index (χ4v) is 6.08. The number of aromatic nitrogens is 2. The summed E-state index contributed by atoms with van der Waals surface area (Å²) >= 11 is 0. The van der Waals surface area contributed by atoms with E-state index in [1.54, 1.807) is 0 Å². The van der Waals surface area contributed by atoms with Gasteiger partial charge >= 0.3 is 0 Å². The summed E-state index contributed by atoms with van der Waals surface area (Å²) in [5.74, 6) is 2.66. The van der Waals surface area contributed by atoms with Crippen molar-refractivity contribution >= 4 is 0 Å². The zero-order valence-electron chi connectivity index (χ0n) is 20.3. The van der Waals surface area contributed by atoms with Gasteiger partial charge < -0.3 is 0 Å². The molecular formula is C28H47FN2. The fraction of sp³-hybridized carbons (Fsp3) is 0.857. The smallest absolute Gasteiger partial charge is 0.103 e. The van der Waals surface area contributed by atoms with Crippen molar-refractivity contribution in [3.05, 3.63) is 23.5 Å². The molecule has 31 heavy (non-hydrogen) atoms. The molecule has 0 spiro atoms. The molecule has 0 bridgehead atoms. The van der Waals surface area contributed by atoms with Gasteiger partial charge in [0.05, 0.1) is 11.4 Å². The number of alkyl halides is 1. The van der Waals surface area contributed by atoms with E-state index in [1.165, 1.54) is 77.0 Å². The van der Waals surface area contributed by atoms with E-state index in [0.717, 1.165) is 55.3 Å². The molecule has 176 valence electrons. The average Bonchev–Trinajstić information content (AvgIpc) is 2.80.